The molecular weight excluding hydrogens is 188 g/mol. The summed E-state index contributed by atoms with van der Waals surface area (Å²) < 4.78 is 23.5. The fourth-order valence-corrected chi connectivity index (χ4v) is 3.26. The van der Waals surface area contributed by atoms with Crippen LogP contribution in [0.25, 0.3) is 0 Å². The van der Waals surface area contributed by atoms with Crippen LogP contribution in [-0.4, -0.2) is 29.7 Å². The summed E-state index contributed by atoms with van der Waals surface area (Å²) in [7, 11) is -2.65. The molecule has 0 aromatic carbocycles. The molecule has 0 atom stereocenters. The average Bonchev–Trinajstić information content (AvgIpc) is 2.48. The van der Waals surface area contributed by atoms with Crippen LogP contribution in [0.2, 0.25) is 0 Å². The molecule has 0 radical (unpaired) electrons. The van der Waals surface area contributed by atoms with Crippen LogP contribution in [0.5, 0.6) is 0 Å². The lowest BCUT2D eigenvalue weighted by molar-refractivity contribution is 0.450. The van der Waals surface area contributed by atoms with E-state index in [0.29, 0.717) is 17.4 Å². The van der Waals surface area contributed by atoms with Crippen molar-refractivity contribution in [2.75, 3.05) is 11.5 Å². The summed E-state index contributed by atoms with van der Waals surface area (Å²) in [6.45, 7) is 0.827. The van der Waals surface area contributed by atoms with Crippen LogP contribution in [0.15, 0.2) is 18.5 Å². The summed E-state index contributed by atoms with van der Waals surface area (Å²) in [6.07, 6.45) is 4.55. The largest absolute Gasteiger partial charge is 0.273 e. The summed E-state index contributed by atoms with van der Waals surface area (Å²) in [5, 5.41) is 4.05. The Morgan fingerprint density at radius 1 is 1.46 bits per heavy atom. The van der Waals surface area contributed by atoms with Crippen LogP contribution in [0.4, 0.5) is 0 Å². The number of nitrogens with zero attached hydrogens (tertiary/aromatic N) is 2. The first-order valence-corrected chi connectivity index (χ1v) is 6.16. The fourth-order valence-electron chi connectivity index (χ4n) is 1.58. The Kier molecular flexibility index (Phi) is 2.11. The highest BCUT2D eigenvalue weighted by molar-refractivity contribution is 7.92. The van der Waals surface area contributed by atoms with Crippen molar-refractivity contribution in [2.45, 2.75) is 13.0 Å². The molecule has 1 saturated heterocycles. The first kappa shape index (κ1) is 8.74. The Balaban J connectivity index is 1.77. The Hall–Kier alpha value is -0.840. The van der Waals surface area contributed by atoms with Gasteiger partial charge < -0.3 is 0 Å². The van der Waals surface area contributed by atoms with E-state index in [0.717, 1.165) is 13.0 Å². The molecule has 4 nitrogen and oxygen atoms in total. The van der Waals surface area contributed by atoms with Gasteiger partial charge >= 0.3 is 0 Å². The molecule has 72 valence electrons. The van der Waals surface area contributed by atoms with E-state index < -0.39 is 9.84 Å². The SMILES string of the molecule is O=S1(=O)CC(CCn2cccn2)C1. The normalized spacial score (nSPS) is 21.2. The molecule has 0 spiro atoms. The number of aryl methyl sites for hydroxylation is 1. The van der Waals surface area contributed by atoms with Gasteiger partial charge in [-0.2, -0.15) is 5.10 Å². The maximum atomic E-state index is 10.8. The monoisotopic (exact) mass is 200 g/mol. The van der Waals surface area contributed by atoms with Gasteiger partial charge in [0.2, 0.25) is 0 Å². The highest BCUT2D eigenvalue weighted by Crippen LogP contribution is 2.21. The first-order chi connectivity index (χ1) is 6.16. The van der Waals surface area contributed by atoms with Gasteiger partial charge in [-0.3, -0.25) is 4.68 Å². The van der Waals surface area contributed by atoms with Crippen LogP contribution in [0, 0.1) is 5.92 Å². The minimum absolute atomic E-state index is 0.356. The molecule has 1 aromatic rings. The maximum absolute atomic E-state index is 10.8. The van der Waals surface area contributed by atoms with E-state index >= 15 is 0 Å². The summed E-state index contributed by atoms with van der Waals surface area (Å²) in [4.78, 5) is 0. The van der Waals surface area contributed by atoms with Crippen molar-refractivity contribution >= 4 is 9.84 Å². The quantitative estimate of drug-likeness (QED) is 0.706. The second-order valence-electron chi connectivity index (χ2n) is 3.50. The molecule has 2 rings (SSSR count). The zero-order chi connectivity index (χ0) is 9.31. The van der Waals surface area contributed by atoms with E-state index in [1.165, 1.54) is 0 Å². The van der Waals surface area contributed by atoms with Crippen molar-refractivity contribution < 1.29 is 8.42 Å². The van der Waals surface area contributed by atoms with Crippen molar-refractivity contribution in [3.05, 3.63) is 18.5 Å². The second-order valence-corrected chi connectivity index (χ2v) is 5.65. The standard InChI is InChI=1S/C8H12N2O2S/c11-13(12)6-8(7-13)2-5-10-4-1-3-9-10/h1,3-4,8H,2,5-7H2. The van der Waals surface area contributed by atoms with Crippen molar-refractivity contribution in [1.29, 1.82) is 0 Å². The fraction of sp³-hybridized carbons (Fsp3) is 0.625. The predicted octanol–water partition coefficient (Wildman–Crippen LogP) is 0.318. The van der Waals surface area contributed by atoms with Gasteiger partial charge in [-0.1, -0.05) is 0 Å². The minimum atomic E-state index is -2.65. The summed E-state index contributed by atoms with van der Waals surface area (Å²) >= 11 is 0. The number of hydrogen-bond donors (Lipinski definition) is 0. The van der Waals surface area contributed by atoms with Crippen LogP contribution in [-0.2, 0) is 16.4 Å². The number of hydrogen-bond acceptors (Lipinski definition) is 3. The molecule has 0 bridgehead atoms. The van der Waals surface area contributed by atoms with Crippen molar-refractivity contribution in [3.8, 4) is 0 Å². The molecular formula is C8H12N2O2S. The molecule has 5 heteroatoms. The van der Waals surface area contributed by atoms with Gasteiger partial charge in [-0.15, -0.1) is 0 Å². The molecule has 13 heavy (non-hydrogen) atoms. The van der Waals surface area contributed by atoms with Gasteiger partial charge in [0.25, 0.3) is 0 Å². The molecule has 1 aliphatic rings. The van der Waals surface area contributed by atoms with Crippen LogP contribution in [0.3, 0.4) is 0 Å². The van der Waals surface area contributed by atoms with Gasteiger partial charge in [0.1, 0.15) is 0 Å². The van der Waals surface area contributed by atoms with E-state index in [2.05, 4.69) is 5.10 Å². The molecule has 1 aliphatic heterocycles. The topological polar surface area (TPSA) is 52.0 Å². The molecule has 0 saturated carbocycles. The Morgan fingerprint density at radius 2 is 2.23 bits per heavy atom. The average molecular weight is 200 g/mol. The summed E-state index contributed by atoms with van der Waals surface area (Å²) in [5.74, 6) is 1.09. The van der Waals surface area contributed by atoms with E-state index in [4.69, 9.17) is 0 Å². The van der Waals surface area contributed by atoms with Gasteiger partial charge in [-0.25, -0.2) is 8.42 Å². The van der Waals surface area contributed by atoms with Crippen LogP contribution in [0.1, 0.15) is 6.42 Å². The smallest absolute Gasteiger partial charge is 0.150 e. The number of rotatable bonds is 3. The molecule has 0 amide bonds. The molecule has 2 heterocycles. The summed E-state index contributed by atoms with van der Waals surface area (Å²) in [6, 6.07) is 1.87. The van der Waals surface area contributed by atoms with E-state index in [-0.39, 0.29) is 0 Å². The zero-order valence-corrected chi connectivity index (χ0v) is 8.07. The second kappa shape index (κ2) is 3.14. The predicted molar refractivity (Wildman–Crippen MR) is 49.0 cm³/mol. The van der Waals surface area contributed by atoms with Gasteiger partial charge in [-0.05, 0) is 18.4 Å². The highest BCUT2D eigenvalue weighted by Gasteiger charge is 2.32. The van der Waals surface area contributed by atoms with Crippen LogP contribution >= 0.6 is 0 Å². The van der Waals surface area contributed by atoms with E-state index in [1.807, 2.05) is 16.9 Å². The number of sulfone groups is 1. The third-order valence-electron chi connectivity index (χ3n) is 2.30. The molecule has 1 fully saturated rings. The van der Waals surface area contributed by atoms with Gasteiger partial charge in [0, 0.05) is 18.9 Å². The number of aromatic nitrogens is 2. The molecule has 0 unspecified atom stereocenters. The Labute approximate surface area is 77.5 Å². The molecule has 0 N–H and O–H groups in total. The minimum Gasteiger partial charge on any atom is -0.273 e. The zero-order valence-electron chi connectivity index (χ0n) is 7.26. The lowest BCUT2D eigenvalue weighted by atomic mass is 10.1. The third-order valence-corrected chi connectivity index (χ3v) is 4.26. The maximum Gasteiger partial charge on any atom is 0.150 e. The van der Waals surface area contributed by atoms with Crippen molar-refractivity contribution in [3.63, 3.8) is 0 Å². The lowest BCUT2D eigenvalue weighted by Gasteiger charge is -2.25. The Bertz CT molecular complexity index is 357. The first-order valence-electron chi connectivity index (χ1n) is 4.33. The Morgan fingerprint density at radius 3 is 2.77 bits per heavy atom. The van der Waals surface area contributed by atoms with Crippen LogP contribution < -0.4 is 0 Å². The van der Waals surface area contributed by atoms with E-state index in [1.54, 1.807) is 6.20 Å². The van der Waals surface area contributed by atoms with Gasteiger partial charge in [0.15, 0.2) is 9.84 Å². The van der Waals surface area contributed by atoms with E-state index in [9.17, 15) is 8.42 Å². The molecule has 1 aromatic heterocycles. The van der Waals surface area contributed by atoms with Crippen molar-refractivity contribution in [2.24, 2.45) is 5.92 Å². The molecule has 0 aliphatic carbocycles. The highest BCUT2D eigenvalue weighted by atomic mass is 32.2. The third kappa shape index (κ3) is 2.09. The van der Waals surface area contributed by atoms with Crippen molar-refractivity contribution in [1.82, 2.24) is 9.78 Å². The van der Waals surface area contributed by atoms with Gasteiger partial charge in [0.05, 0.1) is 11.5 Å². The summed E-state index contributed by atoms with van der Waals surface area (Å²) in [5.41, 5.74) is 0. The lowest BCUT2D eigenvalue weighted by Crippen LogP contribution is -2.36.